The summed E-state index contributed by atoms with van der Waals surface area (Å²) in [4.78, 5) is 37.2. The fourth-order valence-electron chi connectivity index (χ4n) is 3.05. The second kappa shape index (κ2) is 8.67. The molecular formula is C20H27FN2O6. The van der Waals surface area contributed by atoms with Gasteiger partial charge in [-0.05, 0) is 57.7 Å². The number of rotatable bonds is 5. The Balaban J connectivity index is 2.08. The molecule has 0 bridgehead atoms. The zero-order valence-corrected chi connectivity index (χ0v) is 17.3. The number of fused-ring (bicyclic) bond motifs is 1. The van der Waals surface area contributed by atoms with Crippen LogP contribution in [0.5, 0.6) is 5.75 Å². The van der Waals surface area contributed by atoms with E-state index in [1.165, 1.54) is 13.1 Å². The van der Waals surface area contributed by atoms with Gasteiger partial charge in [0.2, 0.25) is 5.91 Å². The fourth-order valence-corrected chi connectivity index (χ4v) is 3.05. The number of nitrogens with one attached hydrogen (secondary N) is 1. The average Bonchev–Trinajstić information content (AvgIpc) is 3.02. The third kappa shape index (κ3) is 5.58. The molecule has 0 radical (unpaired) electrons. The summed E-state index contributed by atoms with van der Waals surface area (Å²) in [6.45, 7) is 6.67. The van der Waals surface area contributed by atoms with E-state index in [0.29, 0.717) is 5.56 Å². The van der Waals surface area contributed by atoms with Gasteiger partial charge in [0.15, 0.2) is 11.6 Å². The highest BCUT2D eigenvalue weighted by Gasteiger charge is 2.33. The van der Waals surface area contributed by atoms with Crippen LogP contribution in [0.1, 0.15) is 38.8 Å². The van der Waals surface area contributed by atoms with Crippen LogP contribution in [0.3, 0.4) is 0 Å². The minimum Gasteiger partial charge on any atom is -0.503 e. The smallest absolute Gasteiger partial charge is 0.410 e. The van der Waals surface area contributed by atoms with Gasteiger partial charge >= 0.3 is 12.1 Å². The number of esters is 1. The molecule has 9 heteroatoms. The Hall–Kier alpha value is -2.84. The molecule has 2 N–H and O–H groups in total. The van der Waals surface area contributed by atoms with E-state index >= 15 is 0 Å². The number of likely N-dealkylation sites (N-methyl/N-ethyl adjacent to an activating group) is 1. The van der Waals surface area contributed by atoms with Gasteiger partial charge < -0.3 is 24.8 Å². The quantitative estimate of drug-likeness (QED) is 0.571. The van der Waals surface area contributed by atoms with Gasteiger partial charge in [-0.2, -0.15) is 0 Å². The number of ether oxygens (including phenoxy) is 2. The Bertz CT molecular complexity index is 818. The molecule has 0 saturated heterocycles. The number of nitrogens with zero attached hydrogens (tertiary/aromatic N) is 1. The van der Waals surface area contributed by atoms with E-state index in [9.17, 15) is 23.9 Å². The number of carbonyl (C=O) groups excluding carboxylic acids is 3. The van der Waals surface area contributed by atoms with Crippen molar-refractivity contribution < 1.29 is 33.4 Å². The number of benzene rings is 1. The van der Waals surface area contributed by atoms with E-state index in [1.807, 2.05) is 0 Å². The summed E-state index contributed by atoms with van der Waals surface area (Å²) < 4.78 is 24.7. The number of amides is 2. The van der Waals surface area contributed by atoms with Crippen molar-refractivity contribution in [2.24, 2.45) is 5.92 Å². The third-order valence-corrected chi connectivity index (χ3v) is 4.33. The molecule has 0 spiro atoms. The lowest BCUT2D eigenvalue weighted by atomic mass is 10.1. The van der Waals surface area contributed by atoms with Crippen molar-refractivity contribution in [1.29, 1.82) is 0 Å². The molecule has 0 aromatic heterocycles. The summed E-state index contributed by atoms with van der Waals surface area (Å²) in [5, 5.41) is 12.5. The lowest BCUT2D eigenvalue weighted by Gasteiger charge is -2.24. The van der Waals surface area contributed by atoms with Crippen LogP contribution < -0.4 is 5.32 Å². The number of hydrogen-bond donors (Lipinski definition) is 2. The number of aromatic hydroxyl groups is 1. The Kier molecular flexibility index (Phi) is 6.71. The van der Waals surface area contributed by atoms with Crippen LogP contribution in [-0.4, -0.2) is 53.8 Å². The highest BCUT2D eigenvalue weighted by molar-refractivity contribution is 5.95. The number of phenolic OH excluding ortho intramolecular Hbond substituents is 1. The predicted octanol–water partition coefficient (Wildman–Crippen LogP) is 2.61. The minimum absolute atomic E-state index is 0.117. The van der Waals surface area contributed by atoms with Crippen molar-refractivity contribution >= 4 is 23.7 Å². The number of carbonyl (C=O) groups is 3. The molecule has 1 aromatic carbocycles. The molecule has 8 nitrogen and oxygen atoms in total. The van der Waals surface area contributed by atoms with Gasteiger partial charge in [0.05, 0.1) is 18.2 Å². The van der Waals surface area contributed by atoms with Crippen LogP contribution in [0.4, 0.5) is 14.9 Å². The van der Waals surface area contributed by atoms with Crippen molar-refractivity contribution in [3.8, 4) is 5.75 Å². The molecule has 0 aliphatic heterocycles. The maximum Gasteiger partial charge on any atom is 0.410 e. The zero-order chi connectivity index (χ0) is 21.9. The van der Waals surface area contributed by atoms with Gasteiger partial charge in [0.25, 0.3) is 0 Å². The minimum atomic E-state index is -0.870. The lowest BCUT2D eigenvalue weighted by Crippen LogP contribution is -2.38. The molecule has 1 atom stereocenters. The van der Waals surface area contributed by atoms with Crippen molar-refractivity contribution in [2.75, 3.05) is 25.5 Å². The molecule has 2 rings (SSSR count). The molecule has 160 valence electrons. The summed E-state index contributed by atoms with van der Waals surface area (Å²) in [7, 11) is 1.39. The second-order valence-corrected chi connectivity index (χ2v) is 7.97. The monoisotopic (exact) mass is 410 g/mol. The lowest BCUT2D eigenvalue weighted by molar-refractivity contribution is -0.147. The van der Waals surface area contributed by atoms with E-state index in [0.717, 1.165) is 4.90 Å². The number of phenols is 1. The van der Waals surface area contributed by atoms with Crippen LogP contribution >= 0.6 is 0 Å². The van der Waals surface area contributed by atoms with Gasteiger partial charge in [0, 0.05) is 7.05 Å². The Labute approximate surface area is 169 Å². The van der Waals surface area contributed by atoms with E-state index in [1.54, 1.807) is 27.7 Å². The van der Waals surface area contributed by atoms with Crippen LogP contribution in [-0.2, 0) is 31.9 Å². The van der Waals surface area contributed by atoms with E-state index in [4.69, 9.17) is 9.47 Å². The first kappa shape index (κ1) is 22.4. The first-order chi connectivity index (χ1) is 13.4. The highest BCUT2D eigenvalue weighted by Crippen LogP contribution is 2.38. The van der Waals surface area contributed by atoms with Crippen molar-refractivity contribution in [1.82, 2.24) is 4.90 Å². The van der Waals surface area contributed by atoms with Crippen LogP contribution in [0.25, 0.3) is 0 Å². The molecule has 0 saturated carbocycles. The van der Waals surface area contributed by atoms with Crippen LogP contribution in [0, 0.1) is 11.7 Å². The van der Waals surface area contributed by atoms with Crippen LogP contribution in [0.2, 0.25) is 0 Å². The zero-order valence-electron chi connectivity index (χ0n) is 17.3. The summed E-state index contributed by atoms with van der Waals surface area (Å²) in [6, 6.07) is 1.44. The Morgan fingerprint density at radius 3 is 2.55 bits per heavy atom. The fraction of sp³-hybridized carbons (Fsp3) is 0.550. The van der Waals surface area contributed by atoms with Gasteiger partial charge in [0.1, 0.15) is 12.1 Å². The standard InChI is InChI=1S/C20H27FN2O6/c1-6-28-18(26)12-7-11-9-14(17(25)16(21)13(11)8-12)22-15(24)10-23(5)19(27)29-20(2,3)4/h9,12,25H,6-8,10H2,1-5H3,(H,22,24). The molecule has 0 heterocycles. The van der Waals surface area contributed by atoms with Crippen LogP contribution in [0.15, 0.2) is 6.07 Å². The largest absolute Gasteiger partial charge is 0.503 e. The Morgan fingerprint density at radius 1 is 1.31 bits per heavy atom. The van der Waals surface area contributed by atoms with Gasteiger partial charge in [-0.3, -0.25) is 9.59 Å². The van der Waals surface area contributed by atoms with E-state index < -0.39 is 41.1 Å². The number of halogens is 1. The Morgan fingerprint density at radius 2 is 1.97 bits per heavy atom. The summed E-state index contributed by atoms with van der Waals surface area (Å²) in [5.41, 5.74) is -0.0644. The molecule has 1 aromatic rings. The molecule has 1 aliphatic carbocycles. The molecule has 1 unspecified atom stereocenters. The number of anilines is 1. The summed E-state index contributed by atoms with van der Waals surface area (Å²) >= 11 is 0. The molecular weight excluding hydrogens is 383 g/mol. The first-order valence-electron chi connectivity index (χ1n) is 9.36. The molecule has 29 heavy (non-hydrogen) atoms. The molecule has 1 aliphatic rings. The molecule has 0 fully saturated rings. The van der Waals surface area contributed by atoms with E-state index in [-0.39, 0.29) is 37.2 Å². The van der Waals surface area contributed by atoms with Crippen molar-refractivity contribution in [3.05, 3.63) is 23.0 Å². The van der Waals surface area contributed by atoms with Crippen molar-refractivity contribution in [3.63, 3.8) is 0 Å². The van der Waals surface area contributed by atoms with Gasteiger partial charge in [-0.1, -0.05) is 0 Å². The topological polar surface area (TPSA) is 105 Å². The van der Waals surface area contributed by atoms with Crippen molar-refractivity contribution in [2.45, 2.75) is 46.1 Å². The SMILES string of the molecule is CCOC(=O)C1Cc2cc(NC(=O)CN(C)C(=O)OC(C)(C)C)c(O)c(F)c2C1. The normalized spacial score (nSPS) is 15.4. The van der Waals surface area contributed by atoms with Gasteiger partial charge in [-0.25, -0.2) is 9.18 Å². The number of hydrogen-bond acceptors (Lipinski definition) is 6. The van der Waals surface area contributed by atoms with E-state index in [2.05, 4.69) is 5.32 Å². The average molecular weight is 410 g/mol. The highest BCUT2D eigenvalue weighted by atomic mass is 19.1. The molecule has 2 amide bonds. The maximum atomic E-state index is 14.6. The predicted molar refractivity (Wildman–Crippen MR) is 103 cm³/mol. The second-order valence-electron chi connectivity index (χ2n) is 7.97. The third-order valence-electron chi connectivity index (χ3n) is 4.33. The van der Waals surface area contributed by atoms with Gasteiger partial charge in [-0.15, -0.1) is 0 Å². The summed E-state index contributed by atoms with van der Waals surface area (Å²) in [5.74, 6) is -3.16. The summed E-state index contributed by atoms with van der Waals surface area (Å²) in [6.07, 6.45) is -0.302. The maximum absolute atomic E-state index is 14.6. The first-order valence-corrected chi connectivity index (χ1v) is 9.36.